The molecule has 1 aromatic heterocycles. The molecule has 2 amide bonds. The number of thiazole rings is 1. The lowest BCUT2D eigenvalue weighted by molar-refractivity contribution is -0.122. The predicted octanol–water partition coefficient (Wildman–Crippen LogP) is 3.89. The minimum absolute atomic E-state index is 0.0349. The fourth-order valence-corrected chi connectivity index (χ4v) is 5.21. The Labute approximate surface area is 211 Å². The number of methoxy groups -OCH3 is 1. The second-order valence-corrected chi connectivity index (χ2v) is 10.8. The van der Waals surface area contributed by atoms with Gasteiger partial charge in [0.2, 0.25) is 5.91 Å². The predicted molar refractivity (Wildman–Crippen MR) is 137 cm³/mol. The molecule has 1 aromatic carbocycles. The first-order valence-corrected chi connectivity index (χ1v) is 13.2. The van der Waals surface area contributed by atoms with Crippen LogP contribution in [0.1, 0.15) is 48.5 Å². The Hall–Kier alpha value is -2.49. The first-order chi connectivity index (χ1) is 16.9. The number of nitrogens with one attached hydrogen (secondary N) is 1. The Balaban J connectivity index is 1.61. The first kappa shape index (κ1) is 25.6. The summed E-state index contributed by atoms with van der Waals surface area (Å²) in [5.74, 6) is 0.668. The molecule has 35 heavy (non-hydrogen) atoms. The van der Waals surface area contributed by atoms with Crippen molar-refractivity contribution in [1.82, 2.24) is 14.8 Å². The van der Waals surface area contributed by atoms with Crippen LogP contribution in [-0.4, -0.2) is 72.6 Å². The largest absolute Gasteiger partial charge is 0.491 e. The summed E-state index contributed by atoms with van der Waals surface area (Å²) >= 11 is 1.64. The molecule has 3 atom stereocenters. The summed E-state index contributed by atoms with van der Waals surface area (Å²) in [6.45, 7) is 6.67. The highest BCUT2D eigenvalue weighted by Crippen LogP contribution is 2.30. The molecule has 4 rings (SSSR count). The molecule has 1 fully saturated rings. The number of carbonyl (C=O) groups excluding carboxylic acids is 2. The molecule has 1 aliphatic carbocycles. The van der Waals surface area contributed by atoms with Crippen molar-refractivity contribution < 1.29 is 19.1 Å². The van der Waals surface area contributed by atoms with Crippen molar-refractivity contribution in [3.8, 4) is 5.75 Å². The number of fused-ring (bicyclic) bond motifs is 1. The van der Waals surface area contributed by atoms with Crippen LogP contribution < -0.4 is 10.1 Å². The number of hydrogen-bond acceptors (Lipinski definition) is 7. The van der Waals surface area contributed by atoms with Crippen LogP contribution in [0, 0.1) is 11.8 Å². The number of ether oxygens (including phenoxy) is 2. The zero-order valence-corrected chi connectivity index (χ0v) is 21.8. The molecule has 0 saturated heterocycles. The van der Waals surface area contributed by atoms with E-state index >= 15 is 0 Å². The van der Waals surface area contributed by atoms with Crippen molar-refractivity contribution in [3.63, 3.8) is 0 Å². The Kier molecular flexibility index (Phi) is 8.41. The van der Waals surface area contributed by atoms with Crippen molar-refractivity contribution in [1.29, 1.82) is 0 Å². The van der Waals surface area contributed by atoms with Crippen molar-refractivity contribution in [2.24, 2.45) is 11.8 Å². The minimum atomic E-state index is -0.126. The fourth-order valence-electron chi connectivity index (χ4n) is 4.56. The number of carbonyl (C=O) groups is 2. The quantitative estimate of drug-likeness (QED) is 0.671. The smallest absolute Gasteiger partial charge is 0.257 e. The third-order valence-electron chi connectivity index (χ3n) is 7.14. The van der Waals surface area contributed by atoms with Crippen molar-refractivity contribution >= 4 is 28.8 Å². The van der Waals surface area contributed by atoms with Gasteiger partial charge in [-0.05, 0) is 37.8 Å². The van der Waals surface area contributed by atoms with Gasteiger partial charge in [-0.25, -0.2) is 4.98 Å². The summed E-state index contributed by atoms with van der Waals surface area (Å²) in [6.07, 6.45) is 4.68. The van der Waals surface area contributed by atoms with Gasteiger partial charge in [-0.3, -0.25) is 14.5 Å². The van der Waals surface area contributed by atoms with E-state index in [0.717, 1.165) is 37.4 Å². The van der Waals surface area contributed by atoms with Gasteiger partial charge in [0.15, 0.2) is 0 Å². The van der Waals surface area contributed by atoms with Gasteiger partial charge in [0.25, 0.3) is 5.91 Å². The molecule has 1 saturated carbocycles. The Morgan fingerprint density at radius 3 is 2.74 bits per heavy atom. The summed E-state index contributed by atoms with van der Waals surface area (Å²) in [4.78, 5) is 34.4. The molecule has 1 aliphatic heterocycles. The molecule has 0 unspecified atom stereocenters. The van der Waals surface area contributed by atoms with E-state index in [1.54, 1.807) is 48.6 Å². The van der Waals surface area contributed by atoms with Gasteiger partial charge in [-0.2, -0.15) is 0 Å². The van der Waals surface area contributed by atoms with Gasteiger partial charge in [-0.15, -0.1) is 11.3 Å². The highest BCUT2D eigenvalue weighted by Gasteiger charge is 2.29. The van der Waals surface area contributed by atoms with Gasteiger partial charge in [0.05, 0.1) is 18.2 Å². The second kappa shape index (κ2) is 11.5. The van der Waals surface area contributed by atoms with Gasteiger partial charge < -0.3 is 19.7 Å². The van der Waals surface area contributed by atoms with Crippen LogP contribution in [0.15, 0.2) is 29.8 Å². The maximum Gasteiger partial charge on any atom is 0.257 e. The fraction of sp³-hybridized carbons (Fsp3) is 0.577. The van der Waals surface area contributed by atoms with E-state index in [9.17, 15) is 9.59 Å². The standard InChI is InChI=1S/C26H36N4O4S/c1-17-13-30(15-24-27-10-11-35-24)18(2)16-34-22-12-20(28-25(31)19-6-5-7-19)8-9-21(22)26(32)29(3)14-23(17)33-4/h8-12,17-19,23H,5-7,13-16H2,1-4H3,(H,28,31)/t17-,18-,23+/m0/s1. The van der Waals surface area contributed by atoms with E-state index in [2.05, 4.69) is 29.0 Å². The third kappa shape index (κ3) is 6.20. The van der Waals surface area contributed by atoms with Crippen molar-refractivity contribution in [3.05, 3.63) is 40.3 Å². The van der Waals surface area contributed by atoms with Crippen LogP contribution >= 0.6 is 11.3 Å². The van der Waals surface area contributed by atoms with Crippen LogP contribution in [-0.2, 0) is 16.1 Å². The van der Waals surface area contributed by atoms with Gasteiger partial charge in [-0.1, -0.05) is 13.3 Å². The number of likely N-dealkylation sites (N-methyl/N-ethyl adjacent to an activating group) is 1. The Morgan fingerprint density at radius 1 is 1.29 bits per heavy atom. The van der Waals surface area contributed by atoms with Crippen molar-refractivity contribution in [2.45, 2.75) is 51.8 Å². The first-order valence-electron chi connectivity index (χ1n) is 12.3. The number of amides is 2. The maximum absolute atomic E-state index is 13.4. The Morgan fingerprint density at radius 2 is 2.09 bits per heavy atom. The molecular weight excluding hydrogens is 464 g/mol. The molecular formula is C26H36N4O4S. The maximum atomic E-state index is 13.4. The van der Waals surface area contributed by atoms with Crippen LogP contribution in [0.2, 0.25) is 0 Å². The highest BCUT2D eigenvalue weighted by molar-refractivity contribution is 7.09. The zero-order chi connectivity index (χ0) is 24.9. The van der Waals surface area contributed by atoms with E-state index in [0.29, 0.717) is 30.2 Å². The molecule has 1 N–H and O–H groups in total. The van der Waals surface area contributed by atoms with E-state index in [4.69, 9.17) is 9.47 Å². The number of hydrogen-bond donors (Lipinski definition) is 1. The zero-order valence-electron chi connectivity index (χ0n) is 21.0. The highest BCUT2D eigenvalue weighted by atomic mass is 32.1. The molecule has 0 spiro atoms. The lowest BCUT2D eigenvalue weighted by Gasteiger charge is -2.35. The lowest BCUT2D eigenvalue weighted by atomic mass is 9.85. The molecule has 0 bridgehead atoms. The number of rotatable bonds is 5. The SMILES string of the molecule is CO[C@@H]1CN(C)C(=O)c2ccc(NC(=O)C3CCC3)cc2OC[C@H](C)N(Cc2nccs2)C[C@@H]1C. The molecule has 9 heteroatoms. The molecule has 190 valence electrons. The number of aromatic nitrogens is 1. The van der Waals surface area contributed by atoms with Crippen LogP contribution in [0.3, 0.4) is 0 Å². The van der Waals surface area contributed by atoms with E-state index in [1.165, 1.54) is 0 Å². The average Bonchev–Trinajstić information content (AvgIpc) is 3.31. The van der Waals surface area contributed by atoms with Gasteiger partial charge in [0, 0.05) is 62.5 Å². The number of benzene rings is 1. The van der Waals surface area contributed by atoms with E-state index < -0.39 is 0 Å². The monoisotopic (exact) mass is 500 g/mol. The second-order valence-electron chi connectivity index (χ2n) is 9.78. The molecule has 0 radical (unpaired) electrons. The topological polar surface area (TPSA) is 84.0 Å². The number of anilines is 1. The summed E-state index contributed by atoms with van der Waals surface area (Å²) in [5.41, 5.74) is 1.13. The lowest BCUT2D eigenvalue weighted by Crippen LogP contribution is -2.46. The van der Waals surface area contributed by atoms with Crippen LogP contribution in [0.25, 0.3) is 0 Å². The summed E-state index contributed by atoms with van der Waals surface area (Å²) in [6, 6.07) is 5.38. The Bertz CT molecular complexity index is 1010. The molecule has 2 heterocycles. The van der Waals surface area contributed by atoms with E-state index in [-0.39, 0.29) is 35.8 Å². The van der Waals surface area contributed by atoms with Gasteiger partial charge >= 0.3 is 0 Å². The van der Waals surface area contributed by atoms with E-state index in [1.807, 2.05) is 11.6 Å². The molecule has 8 nitrogen and oxygen atoms in total. The normalized spacial score (nSPS) is 24.5. The summed E-state index contributed by atoms with van der Waals surface area (Å²) in [7, 11) is 3.49. The third-order valence-corrected chi connectivity index (χ3v) is 7.91. The summed E-state index contributed by atoms with van der Waals surface area (Å²) in [5, 5.41) is 6.04. The molecule has 2 aliphatic rings. The van der Waals surface area contributed by atoms with Gasteiger partial charge in [0.1, 0.15) is 17.4 Å². The average molecular weight is 501 g/mol. The number of nitrogens with zero attached hydrogens (tertiary/aromatic N) is 3. The minimum Gasteiger partial charge on any atom is -0.491 e. The van der Waals surface area contributed by atoms with Crippen LogP contribution in [0.4, 0.5) is 5.69 Å². The van der Waals surface area contributed by atoms with Crippen molar-refractivity contribution in [2.75, 3.05) is 39.2 Å². The molecule has 2 aromatic rings. The summed E-state index contributed by atoms with van der Waals surface area (Å²) < 4.78 is 12.1. The van der Waals surface area contributed by atoms with Crippen LogP contribution in [0.5, 0.6) is 5.75 Å².